The third-order valence-corrected chi connectivity index (χ3v) is 5.11. The first-order valence-corrected chi connectivity index (χ1v) is 9.49. The minimum atomic E-state index is -0.518. The van der Waals surface area contributed by atoms with Gasteiger partial charge in [0.15, 0.2) is 5.13 Å². The number of nitrogens with zero attached hydrogens (tertiary/aromatic N) is 2. The van der Waals surface area contributed by atoms with E-state index in [0.717, 1.165) is 11.1 Å². The summed E-state index contributed by atoms with van der Waals surface area (Å²) in [6, 6.07) is 11.4. The number of aromatic nitrogens is 1. The molecule has 0 N–H and O–H groups in total. The van der Waals surface area contributed by atoms with Crippen LogP contribution < -0.4 is 4.90 Å². The Morgan fingerprint density at radius 3 is 2.57 bits per heavy atom. The maximum absolute atomic E-state index is 14.1. The van der Waals surface area contributed by atoms with E-state index in [-0.39, 0.29) is 18.2 Å². The first-order valence-electron chi connectivity index (χ1n) is 8.61. The number of benzene rings is 2. The van der Waals surface area contributed by atoms with Crippen LogP contribution in [0.15, 0.2) is 47.8 Å². The highest BCUT2D eigenvalue weighted by Gasteiger charge is 2.21. The molecule has 28 heavy (non-hydrogen) atoms. The van der Waals surface area contributed by atoms with E-state index < -0.39 is 11.8 Å². The van der Waals surface area contributed by atoms with Gasteiger partial charge in [-0.25, -0.2) is 14.2 Å². The van der Waals surface area contributed by atoms with Crippen molar-refractivity contribution >= 4 is 34.0 Å². The van der Waals surface area contributed by atoms with Gasteiger partial charge in [-0.3, -0.25) is 9.69 Å². The largest absolute Gasteiger partial charge is 0.456 e. The van der Waals surface area contributed by atoms with Crippen LogP contribution in [0.3, 0.4) is 0 Å². The van der Waals surface area contributed by atoms with Gasteiger partial charge in [-0.1, -0.05) is 18.2 Å². The molecule has 5 nitrogen and oxygen atoms in total. The third-order valence-electron chi connectivity index (χ3n) is 4.23. The number of rotatable bonds is 5. The van der Waals surface area contributed by atoms with Crippen LogP contribution in [-0.2, 0) is 16.1 Å². The lowest BCUT2D eigenvalue weighted by Gasteiger charge is -2.18. The van der Waals surface area contributed by atoms with Crippen molar-refractivity contribution in [3.8, 4) is 0 Å². The molecule has 144 valence electrons. The zero-order valence-electron chi connectivity index (χ0n) is 15.7. The fourth-order valence-electron chi connectivity index (χ4n) is 2.60. The van der Waals surface area contributed by atoms with Crippen molar-refractivity contribution in [2.45, 2.75) is 27.4 Å². The Kier molecular flexibility index (Phi) is 5.84. The van der Waals surface area contributed by atoms with Crippen LogP contribution in [0, 0.1) is 19.7 Å². The minimum Gasteiger partial charge on any atom is -0.456 e. The quantitative estimate of drug-likeness (QED) is 0.571. The van der Waals surface area contributed by atoms with Gasteiger partial charge in [-0.05, 0) is 49.2 Å². The SMILES string of the molecule is CC(=O)N(c1nc(COC(=O)c2ccc(C)c(C)c2)cs1)c1ccccc1F. The van der Waals surface area contributed by atoms with Crippen LogP contribution in [0.1, 0.15) is 34.1 Å². The lowest BCUT2D eigenvalue weighted by Crippen LogP contribution is -2.23. The summed E-state index contributed by atoms with van der Waals surface area (Å²) in [6.45, 7) is 5.20. The molecule has 1 amide bonds. The molecule has 0 bridgehead atoms. The first-order chi connectivity index (χ1) is 13.4. The number of anilines is 2. The van der Waals surface area contributed by atoms with Gasteiger partial charge in [-0.2, -0.15) is 0 Å². The highest BCUT2D eigenvalue weighted by Crippen LogP contribution is 2.30. The number of esters is 1. The van der Waals surface area contributed by atoms with Gasteiger partial charge in [0.2, 0.25) is 5.91 Å². The van der Waals surface area contributed by atoms with Gasteiger partial charge < -0.3 is 4.74 Å². The number of hydrogen-bond acceptors (Lipinski definition) is 5. The number of hydrogen-bond donors (Lipinski definition) is 0. The average Bonchev–Trinajstić information content (AvgIpc) is 3.12. The van der Waals surface area contributed by atoms with Crippen molar-refractivity contribution < 1.29 is 18.7 Å². The second kappa shape index (κ2) is 8.31. The summed E-state index contributed by atoms with van der Waals surface area (Å²) in [5, 5.41) is 2.00. The molecular formula is C21H19FN2O3S. The van der Waals surface area contributed by atoms with Crippen LogP contribution in [0.2, 0.25) is 0 Å². The Morgan fingerprint density at radius 2 is 1.89 bits per heavy atom. The molecule has 0 radical (unpaired) electrons. The maximum Gasteiger partial charge on any atom is 0.338 e. The van der Waals surface area contributed by atoms with Gasteiger partial charge in [0, 0.05) is 12.3 Å². The van der Waals surface area contributed by atoms with Crippen molar-refractivity contribution in [1.82, 2.24) is 4.98 Å². The molecule has 1 heterocycles. The van der Waals surface area contributed by atoms with Crippen LogP contribution in [0.4, 0.5) is 15.2 Å². The predicted octanol–water partition coefficient (Wildman–Crippen LogP) is 4.94. The van der Waals surface area contributed by atoms with Gasteiger partial charge in [-0.15, -0.1) is 11.3 Å². The van der Waals surface area contributed by atoms with E-state index >= 15 is 0 Å². The maximum atomic E-state index is 14.1. The number of amides is 1. The highest BCUT2D eigenvalue weighted by molar-refractivity contribution is 7.14. The molecule has 3 aromatic rings. The molecule has 0 atom stereocenters. The number of aryl methyl sites for hydroxylation is 2. The Morgan fingerprint density at radius 1 is 1.14 bits per heavy atom. The fourth-order valence-corrected chi connectivity index (χ4v) is 3.46. The van der Waals surface area contributed by atoms with Gasteiger partial charge >= 0.3 is 5.97 Å². The summed E-state index contributed by atoms with van der Waals surface area (Å²) in [7, 11) is 0. The number of ether oxygens (including phenoxy) is 1. The fraction of sp³-hybridized carbons (Fsp3) is 0.190. The zero-order valence-corrected chi connectivity index (χ0v) is 16.5. The van der Waals surface area contributed by atoms with E-state index in [0.29, 0.717) is 16.4 Å². The van der Waals surface area contributed by atoms with Crippen LogP contribution >= 0.6 is 11.3 Å². The van der Waals surface area contributed by atoms with Crippen molar-refractivity contribution in [2.75, 3.05) is 4.90 Å². The molecule has 0 aliphatic heterocycles. The smallest absolute Gasteiger partial charge is 0.338 e. The molecule has 7 heteroatoms. The highest BCUT2D eigenvalue weighted by atomic mass is 32.1. The number of carbonyl (C=O) groups excluding carboxylic acids is 2. The Hall–Kier alpha value is -3.06. The molecule has 0 spiro atoms. The third kappa shape index (κ3) is 4.26. The molecule has 3 rings (SSSR count). The van der Waals surface area contributed by atoms with E-state index in [2.05, 4.69) is 4.98 Å². The standard InChI is InChI=1S/C21H19FN2O3S/c1-13-8-9-16(10-14(13)2)20(26)27-11-17-12-28-21(23-17)24(15(3)25)19-7-5-4-6-18(19)22/h4-10,12H,11H2,1-3H3. The van der Waals surface area contributed by atoms with Gasteiger partial charge in [0.25, 0.3) is 0 Å². The van der Waals surface area contributed by atoms with Crippen molar-refractivity contribution in [3.05, 3.63) is 76.0 Å². The lowest BCUT2D eigenvalue weighted by atomic mass is 10.1. The molecule has 2 aromatic carbocycles. The van der Waals surface area contributed by atoms with E-state index in [1.165, 1.54) is 35.3 Å². The van der Waals surface area contributed by atoms with Crippen LogP contribution in [0.5, 0.6) is 0 Å². The number of thiazole rings is 1. The Bertz CT molecular complexity index is 1030. The van der Waals surface area contributed by atoms with Crippen molar-refractivity contribution in [2.24, 2.45) is 0 Å². The van der Waals surface area contributed by atoms with E-state index in [1.807, 2.05) is 19.9 Å². The topological polar surface area (TPSA) is 59.5 Å². The number of halogens is 1. The molecule has 0 saturated carbocycles. The molecule has 0 fully saturated rings. The predicted molar refractivity (Wildman–Crippen MR) is 106 cm³/mol. The molecule has 0 saturated heterocycles. The van der Waals surface area contributed by atoms with E-state index in [4.69, 9.17) is 4.74 Å². The Labute approximate surface area is 166 Å². The summed E-state index contributed by atoms with van der Waals surface area (Å²) in [5.74, 6) is -1.33. The van der Waals surface area contributed by atoms with Crippen LogP contribution in [0.25, 0.3) is 0 Å². The monoisotopic (exact) mass is 398 g/mol. The normalized spacial score (nSPS) is 10.6. The van der Waals surface area contributed by atoms with Gasteiger partial charge in [0.05, 0.1) is 16.9 Å². The second-order valence-corrected chi connectivity index (χ2v) is 7.14. The molecule has 1 aromatic heterocycles. The summed E-state index contributed by atoms with van der Waals surface area (Å²) < 4.78 is 19.4. The lowest BCUT2D eigenvalue weighted by molar-refractivity contribution is -0.115. The van der Waals surface area contributed by atoms with E-state index in [1.54, 1.807) is 29.6 Å². The van der Waals surface area contributed by atoms with Crippen molar-refractivity contribution in [3.63, 3.8) is 0 Å². The summed E-state index contributed by atoms with van der Waals surface area (Å²) in [5.41, 5.74) is 3.18. The molecule has 0 aliphatic carbocycles. The second-order valence-electron chi connectivity index (χ2n) is 6.30. The number of carbonyl (C=O) groups is 2. The summed E-state index contributed by atoms with van der Waals surface area (Å²) in [6.07, 6.45) is 0. The molecule has 0 unspecified atom stereocenters. The Balaban J connectivity index is 1.74. The minimum absolute atomic E-state index is 0.0364. The molecule has 0 aliphatic rings. The first kappa shape index (κ1) is 19.7. The zero-order chi connectivity index (χ0) is 20.3. The van der Waals surface area contributed by atoms with Crippen molar-refractivity contribution in [1.29, 1.82) is 0 Å². The summed E-state index contributed by atoms with van der Waals surface area (Å²) in [4.78, 5) is 29.8. The van der Waals surface area contributed by atoms with Gasteiger partial charge in [0.1, 0.15) is 12.4 Å². The van der Waals surface area contributed by atoms with E-state index in [9.17, 15) is 14.0 Å². The average molecular weight is 398 g/mol. The summed E-state index contributed by atoms with van der Waals surface area (Å²) >= 11 is 1.18. The molecular weight excluding hydrogens is 379 g/mol. The van der Waals surface area contributed by atoms with Crippen LogP contribution in [-0.4, -0.2) is 16.9 Å². The number of para-hydroxylation sites is 1.